The van der Waals surface area contributed by atoms with E-state index < -0.39 is 0 Å². The topological polar surface area (TPSA) is 14.1 Å². The standard InChI is InChI=1S/C20H18N/c1-2-21-19-15-9-14-18(16-10-5-3-6-11-16)20(19)17-12-7-4-8-13-17/h3-15H,2H2,1H3. The zero-order valence-electron chi connectivity index (χ0n) is 12.2. The van der Waals surface area contributed by atoms with Crippen molar-refractivity contribution in [2.45, 2.75) is 6.92 Å². The predicted octanol–water partition coefficient (Wildman–Crippen LogP) is 5.28. The van der Waals surface area contributed by atoms with Crippen LogP contribution in [0.15, 0.2) is 78.9 Å². The van der Waals surface area contributed by atoms with E-state index in [4.69, 9.17) is 0 Å². The molecule has 0 spiro atoms. The van der Waals surface area contributed by atoms with Crippen molar-refractivity contribution in [1.82, 2.24) is 5.32 Å². The first kappa shape index (κ1) is 13.4. The summed E-state index contributed by atoms with van der Waals surface area (Å²) in [6.45, 7) is 2.86. The minimum absolute atomic E-state index is 0.790. The highest BCUT2D eigenvalue weighted by Gasteiger charge is 2.12. The monoisotopic (exact) mass is 272 g/mol. The number of nitrogens with zero attached hydrogens (tertiary/aromatic N) is 1. The van der Waals surface area contributed by atoms with Crippen LogP contribution in [-0.2, 0) is 0 Å². The van der Waals surface area contributed by atoms with E-state index >= 15 is 0 Å². The normalized spacial score (nSPS) is 10.3. The summed E-state index contributed by atoms with van der Waals surface area (Å²) in [5.74, 6) is 0. The van der Waals surface area contributed by atoms with Crippen molar-refractivity contribution in [2.24, 2.45) is 0 Å². The molecule has 0 aliphatic heterocycles. The first-order chi connectivity index (χ1) is 10.4. The minimum atomic E-state index is 0.790. The molecule has 3 aromatic rings. The third-order valence-corrected chi connectivity index (χ3v) is 3.52. The van der Waals surface area contributed by atoms with Crippen LogP contribution in [0.3, 0.4) is 0 Å². The van der Waals surface area contributed by atoms with Crippen LogP contribution >= 0.6 is 0 Å². The Morgan fingerprint density at radius 2 is 1.29 bits per heavy atom. The Morgan fingerprint density at radius 3 is 1.90 bits per heavy atom. The summed E-state index contributed by atoms with van der Waals surface area (Å²) >= 11 is 0. The molecule has 0 fully saturated rings. The van der Waals surface area contributed by atoms with Gasteiger partial charge in [0.05, 0.1) is 5.69 Å². The molecule has 0 saturated heterocycles. The molecule has 0 bridgehead atoms. The van der Waals surface area contributed by atoms with Crippen LogP contribution in [0.5, 0.6) is 0 Å². The van der Waals surface area contributed by atoms with Gasteiger partial charge in [0.2, 0.25) is 0 Å². The molecule has 0 unspecified atom stereocenters. The minimum Gasteiger partial charge on any atom is -0.285 e. The van der Waals surface area contributed by atoms with Gasteiger partial charge in [-0.05, 0) is 29.7 Å². The van der Waals surface area contributed by atoms with Crippen LogP contribution in [0.1, 0.15) is 6.92 Å². The van der Waals surface area contributed by atoms with Crippen LogP contribution in [0.25, 0.3) is 22.3 Å². The van der Waals surface area contributed by atoms with Gasteiger partial charge < -0.3 is 0 Å². The van der Waals surface area contributed by atoms with Crippen molar-refractivity contribution in [1.29, 1.82) is 0 Å². The second-order valence-electron chi connectivity index (χ2n) is 4.91. The maximum Gasteiger partial charge on any atom is 0.0658 e. The summed E-state index contributed by atoms with van der Waals surface area (Å²) in [4.78, 5) is 0. The number of hydrogen-bond donors (Lipinski definition) is 0. The van der Waals surface area contributed by atoms with E-state index in [-0.39, 0.29) is 0 Å². The number of rotatable bonds is 4. The number of hydrogen-bond acceptors (Lipinski definition) is 0. The lowest BCUT2D eigenvalue weighted by molar-refractivity contribution is 0.914. The van der Waals surface area contributed by atoms with Crippen molar-refractivity contribution < 1.29 is 0 Å². The maximum absolute atomic E-state index is 4.67. The van der Waals surface area contributed by atoms with Crippen molar-refractivity contribution in [2.75, 3.05) is 6.54 Å². The Kier molecular flexibility index (Phi) is 4.02. The van der Waals surface area contributed by atoms with E-state index in [1.807, 2.05) is 12.1 Å². The quantitative estimate of drug-likeness (QED) is 0.613. The van der Waals surface area contributed by atoms with Gasteiger partial charge in [-0.1, -0.05) is 72.8 Å². The van der Waals surface area contributed by atoms with Gasteiger partial charge in [-0.2, -0.15) is 0 Å². The largest absolute Gasteiger partial charge is 0.285 e. The summed E-state index contributed by atoms with van der Waals surface area (Å²) in [6.07, 6.45) is 0. The highest BCUT2D eigenvalue weighted by atomic mass is 14.9. The second kappa shape index (κ2) is 6.27. The number of benzene rings is 3. The van der Waals surface area contributed by atoms with E-state index in [9.17, 15) is 0 Å². The summed E-state index contributed by atoms with van der Waals surface area (Å²) < 4.78 is 0. The van der Waals surface area contributed by atoms with Crippen molar-refractivity contribution in [3.8, 4) is 22.3 Å². The maximum atomic E-state index is 4.67. The molecule has 0 aliphatic carbocycles. The van der Waals surface area contributed by atoms with Gasteiger partial charge in [0.25, 0.3) is 0 Å². The van der Waals surface area contributed by atoms with Crippen molar-refractivity contribution in [3.05, 3.63) is 78.9 Å². The molecule has 1 nitrogen and oxygen atoms in total. The van der Waals surface area contributed by atoms with E-state index in [1.165, 1.54) is 22.3 Å². The van der Waals surface area contributed by atoms with Gasteiger partial charge in [-0.3, -0.25) is 5.32 Å². The second-order valence-corrected chi connectivity index (χ2v) is 4.91. The lowest BCUT2D eigenvalue weighted by Gasteiger charge is -2.15. The molecule has 0 N–H and O–H groups in total. The molecule has 103 valence electrons. The summed E-state index contributed by atoms with van der Waals surface area (Å²) in [6, 6.07) is 27.4. The van der Waals surface area contributed by atoms with Crippen LogP contribution < -0.4 is 5.32 Å². The molecular weight excluding hydrogens is 254 g/mol. The predicted molar refractivity (Wildman–Crippen MR) is 89.6 cm³/mol. The Hall–Kier alpha value is -2.54. The van der Waals surface area contributed by atoms with Gasteiger partial charge in [-0.25, -0.2) is 0 Å². The molecule has 1 heteroatoms. The lowest BCUT2D eigenvalue weighted by atomic mass is 9.93. The Bertz CT molecular complexity index is 702. The van der Waals surface area contributed by atoms with Gasteiger partial charge in [0.1, 0.15) is 0 Å². The molecule has 0 aliphatic rings. The smallest absolute Gasteiger partial charge is 0.0658 e. The van der Waals surface area contributed by atoms with Gasteiger partial charge in [0, 0.05) is 12.1 Å². The summed E-state index contributed by atoms with van der Waals surface area (Å²) in [5, 5.41) is 4.67. The fourth-order valence-electron chi connectivity index (χ4n) is 2.61. The average Bonchev–Trinajstić information content (AvgIpc) is 2.56. The highest BCUT2D eigenvalue weighted by molar-refractivity contribution is 5.90. The zero-order valence-corrected chi connectivity index (χ0v) is 12.2. The fraction of sp³-hybridized carbons (Fsp3) is 0.100. The van der Waals surface area contributed by atoms with Gasteiger partial charge >= 0.3 is 0 Å². The zero-order chi connectivity index (χ0) is 14.5. The Balaban J connectivity index is 2.23. The molecule has 0 aromatic heterocycles. The first-order valence-corrected chi connectivity index (χ1v) is 7.31. The van der Waals surface area contributed by atoms with Crippen LogP contribution in [0.2, 0.25) is 0 Å². The average molecular weight is 272 g/mol. The van der Waals surface area contributed by atoms with Crippen LogP contribution in [0.4, 0.5) is 5.69 Å². The molecule has 3 aromatic carbocycles. The first-order valence-electron chi connectivity index (χ1n) is 7.31. The molecule has 1 radical (unpaired) electrons. The summed E-state index contributed by atoms with van der Waals surface area (Å²) in [7, 11) is 0. The highest BCUT2D eigenvalue weighted by Crippen LogP contribution is 2.37. The summed E-state index contributed by atoms with van der Waals surface area (Å²) in [5.41, 5.74) is 5.95. The molecule has 3 rings (SSSR count). The van der Waals surface area contributed by atoms with Crippen LogP contribution in [0, 0.1) is 0 Å². The fourth-order valence-corrected chi connectivity index (χ4v) is 2.61. The molecule has 0 atom stereocenters. The van der Waals surface area contributed by atoms with Crippen molar-refractivity contribution in [3.63, 3.8) is 0 Å². The third kappa shape index (κ3) is 2.82. The molecule has 0 heterocycles. The lowest BCUT2D eigenvalue weighted by Crippen LogP contribution is -1.98. The van der Waals surface area contributed by atoms with E-state index in [0.29, 0.717) is 0 Å². The molecule has 0 amide bonds. The van der Waals surface area contributed by atoms with E-state index in [2.05, 4.69) is 79.0 Å². The molecule has 0 saturated carbocycles. The van der Waals surface area contributed by atoms with E-state index in [0.717, 1.165) is 12.2 Å². The van der Waals surface area contributed by atoms with E-state index in [1.54, 1.807) is 0 Å². The van der Waals surface area contributed by atoms with Crippen molar-refractivity contribution >= 4 is 5.69 Å². The Morgan fingerprint density at radius 1 is 0.667 bits per heavy atom. The van der Waals surface area contributed by atoms with Gasteiger partial charge in [0.15, 0.2) is 0 Å². The Labute approximate surface area is 126 Å². The third-order valence-electron chi connectivity index (χ3n) is 3.52. The van der Waals surface area contributed by atoms with Crippen LogP contribution in [-0.4, -0.2) is 6.54 Å². The molecule has 21 heavy (non-hydrogen) atoms. The molecular formula is C20H18N. The SMILES string of the molecule is CC[N]c1cccc(-c2ccccc2)c1-c1ccccc1. The van der Waals surface area contributed by atoms with Gasteiger partial charge in [-0.15, -0.1) is 0 Å².